The first-order chi connectivity index (χ1) is 9.43. The number of hydrogen-bond donors (Lipinski definition) is 1. The van der Waals surface area contributed by atoms with E-state index in [0.717, 1.165) is 23.9 Å². The van der Waals surface area contributed by atoms with E-state index in [-0.39, 0.29) is 21.7 Å². The Morgan fingerprint density at radius 3 is 2.85 bits per heavy atom. The van der Waals surface area contributed by atoms with Crippen molar-refractivity contribution in [2.24, 2.45) is 7.05 Å². The molecule has 0 amide bonds. The molecule has 1 aromatic carbocycles. The second-order valence-corrected chi connectivity index (χ2v) is 5.71. The number of aliphatic hydroxyl groups excluding tert-OH is 1. The molecule has 0 spiro atoms. The van der Waals surface area contributed by atoms with E-state index in [9.17, 15) is 14.5 Å². The molecule has 1 heterocycles. The minimum absolute atomic E-state index is 0.0319. The summed E-state index contributed by atoms with van der Waals surface area (Å²) in [5.74, 6) is -0.588. The maximum atomic E-state index is 13.5. The van der Waals surface area contributed by atoms with Crippen molar-refractivity contribution in [3.8, 4) is 0 Å². The number of aliphatic hydroxyl groups is 1. The van der Waals surface area contributed by atoms with Gasteiger partial charge in [0.05, 0.1) is 32.8 Å². The van der Waals surface area contributed by atoms with Crippen molar-refractivity contribution >= 4 is 33.4 Å². The van der Waals surface area contributed by atoms with Crippen LogP contribution in [0.25, 0.3) is 0 Å². The Morgan fingerprint density at radius 1 is 1.60 bits per heavy atom. The van der Waals surface area contributed by atoms with Crippen LogP contribution in [0.1, 0.15) is 5.69 Å². The third-order valence-electron chi connectivity index (χ3n) is 2.60. The minimum Gasteiger partial charge on any atom is -0.390 e. The van der Waals surface area contributed by atoms with Crippen molar-refractivity contribution in [1.82, 2.24) is 9.55 Å². The van der Waals surface area contributed by atoms with Gasteiger partial charge in [-0.05, 0) is 33.8 Å². The van der Waals surface area contributed by atoms with E-state index in [4.69, 9.17) is 5.11 Å². The molecular weight excluding hydrogens is 353 g/mol. The van der Waals surface area contributed by atoms with E-state index in [1.54, 1.807) is 11.6 Å². The molecule has 20 heavy (non-hydrogen) atoms. The average Bonchev–Trinajstić information content (AvgIpc) is 2.74. The van der Waals surface area contributed by atoms with E-state index in [1.807, 2.05) is 0 Å². The summed E-state index contributed by atoms with van der Waals surface area (Å²) >= 11 is 3.89. The van der Waals surface area contributed by atoms with Crippen LogP contribution >= 0.6 is 27.7 Å². The predicted molar refractivity (Wildman–Crippen MR) is 74.0 cm³/mol. The lowest BCUT2D eigenvalue weighted by Gasteiger charge is -2.05. The first kappa shape index (κ1) is 14.9. The molecule has 9 heteroatoms. The number of rotatable bonds is 4. The molecule has 2 rings (SSSR count). The number of aromatic nitrogens is 2. The molecule has 0 saturated carbocycles. The highest BCUT2D eigenvalue weighted by atomic mass is 79.9. The van der Waals surface area contributed by atoms with Crippen LogP contribution in [0, 0.1) is 15.9 Å². The number of halogens is 2. The molecule has 6 nitrogen and oxygen atoms in total. The van der Waals surface area contributed by atoms with Gasteiger partial charge in [0.1, 0.15) is 5.82 Å². The molecule has 0 aliphatic heterocycles. The van der Waals surface area contributed by atoms with Crippen LogP contribution in [0.4, 0.5) is 10.1 Å². The minimum atomic E-state index is -0.588. The van der Waals surface area contributed by atoms with E-state index in [2.05, 4.69) is 20.9 Å². The topological polar surface area (TPSA) is 81.2 Å². The van der Waals surface area contributed by atoms with Crippen LogP contribution in [-0.2, 0) is 13.7 Å². The SMILES string of the molecule is Cn1c(CO)cnc1Sc1cc(F)c(Br)cc1[N+](=O)[O-]. The first-order valence-electron chi connectivity index (χ1n) is 5.36. The van der Waals surface area contributed by atoms with Crippen molar-refractivity contribution in [1.29, 1.82) is 0 Å². The summed E-state index contributed by atoms with van der Waals surface area (Å²) < 4.78 is 15.2. The maximum absolute atomic E-state index is 13.5. The highest BCUT2D eigenvalue weighted by molar-refractivity contribution is 9.10. The molecule has 0 radical (unpaired) electrons. The smallest absolute Gasteiger partial charge is 0.284 e. The number of nitro benzene ring substituents is 1. The molecule has 1 aromatic heterocycles. The van der Waals surface area contributed by atoms with Crippen molar-refractivity contribution in [2.45, 2.75) is 16.7 Å². The zero-order chi connectivity index (χ0) is 14.9. The van der Waals surface area contributed by atoms with Crippen LogP contribution < -0.4 is 0 Å². The summed E-state index contributed by atoms with van der Waals surface area (Å²) in [6.07, 6.45) is 1.46. The van der Waals surface area contributed by atoms with Gasteiger partial charge in [0, 0.05) is 13.1 Å². The van der Waals surface area contributed by atoms with Gasteiger partial charge in [-0.1, -0.05) is 0 Å². The molecule has 106 valence electrons. The number of hydrogen-bond acceptors (Lipinski definition) is 5. The Balaban J connectivity index is 2.44. The van der Waals surface area contributed by atoms with Gasteiger partial charge in [-0.25, -0.2) is 9.37 Å². The molecule has 1 N–H and O–H groups in total. The Hall–Kier alpha value is -1.45. The second-order valence-electron chi connectivity index (χ2n) is 3.84. The van der Waals surface area contributed by atoms with Gasteiger partial charge in [0.2, 0.25) is 0 Å². The summed E-state index contributed by atoms with van der Waals surface area (Å²) in [6, 6.07) is 2.20. The fourth-order valence-corrected chi connectivity index (χ4v) is 2.80. The lowest BCUT2D eigenvalue weighted by atomic mass is 10.3. The predicted octanol–water partition coefficient (Wildman–Crippen LogP) is 2.87. The lowest BCUT2D eigenvalue weighted by molar-refractivity contribution is -0.387. The molecular formula is C11H9BrFN3O3S. The number of nitro groups is 1. The molecule has 0 aliphatic rings. The van der Waals surface area contributed by atoms with Crippen molar-refractivity contribution in [3.63, 3.8) is 0 Å². The standard InChI is InChI=1S/C11H9BrFN3O3S/c1-15-6(5-17)4-14-11(15)20-10-3-8(13)7(12)2-9(10)16(18)19/h2-4,17H,5H2,1H3. The summed E-state index contributed by atoms with van der Waals surface area (Å²) in [5, 5.41) is 20.5. The van der Waals surface area contributed by atoms with Crippen molar-refractivity contribution in [3.05, 3.63) is 44.4 Å². The normalized spacial score (nSPS) is 10.8. The molecule has 0 fully saturated rings. The fraction of sp³-hybridized carbons (Fsp3) is 0.182. The third kappa shape index (κ3) is 2.84. The summed E-state index contributed by atoms with van der Waals surface area (Å²) in [6.45, 7) is -0.194. The monoisotopic (exact) mass is 361 g/mol. The van der Waals surface area contributed by atoms with E-state index in [0.29, 0.717) is 10.9 Å². The van der Waals surface area contributed by atoms with Gasteiger partial charge >= 0.3 is 0 Å². The van der Waals surface area contributed by atoms with Crippen molar-refractivity contribution in [2.75, 3.05) is 0 Å². The fourth-order valence-electron chi connectivity index (χ4n) is 1.51. The van der Waals surface area contributed by atoms with Crippen LogP contribution in [0.15, 0.2) is 32.9 Å². The van der Waals surface area contributed by atoms with Gasteiger partial charge < -0.3 is 9.67 Å². The number of nitrogens with zero attached hydrogens (tertiary/aromatic N) is 3. The Kier molecular flexibility index (Phi) is 4.41. The van der Waals surface area contributed by atoms with Crippen LogP contribution in [-0.4, -0.2) is 19.6 Å². The molecule has 0 aliphatic carbocycles. The van der Waals surface area contributed by atoms with E-state index >= 15 is 0 Å². The first-order valence-corrected chi connectivity index (χ1v) is 6.97. The summed E-state index contributed by atoms with van der Waals surface area (Å²) in [4.78, 5) is 14.6. The van der Waals surface area contributed by atoms with Crippen LogP contribution in [0.3, 0.4) is 0 Å². The van der Waals surface area contributed by atoms with Gasteiger partial charge in [-0.15, -0.1) is 0 Å². The van der Waals surface area contributed by atoms with Gasteiger partial charge in [-0.2, -0.15) is 0 Å². The highest BCUT2D eigenvalue weighted by Crippen LogP contribution is 2.37. The zero-order valence-electron chi connectivity index (χ0n) is 10.2. The lowest BCUT2D eigenvalue weighted by Crippen LogP contribution is -1.98. The molecule has 0 bridgehead atoms. The molecule has 0 unspecified atom stereocenters. The average molecular weight is 362 g/mol. The van der Waals surface area contributed by atoms with Gasteiger partial charge in [0.15, 0.2) is 5.16 Å². The maximum Gasteiger partial charge on any atom is 0.284 e. The van der Waals surface area contributed by atoms with E-state index in [1.165, 1.54) is 6.20 Å². The number of imidazole rings is 1. The quantitative estimate of drug-likeness (QED) is 0.668. The number of benzene rings is 1. The Labute approximate surface area is 125 Å². The Bertz CT molecular complexity index is 677. The van der Waals surface area contributed by atoms with E-state index < -0.39 is 10.7 Å². The highest BCUT2D eigenvalue weighted by Gasteiger charge is 2.20. The molecule has 2 aromatic rings. The molecule has 0 saturated heterocycles. The summed E-state index contributed by atoms with van der Waals surface area (Å²) in [7, 11) is 1.67. The molecule has 0 atom stereocenters. The van der Waals surface area contributed by atoms with Gasteiger partial charge in [-0.3, -0.25) is 10.1 Å². The van der Waals surface area contributed by atoms with Crippen molar-refractivity contribution < 1.29 is 14.4 Å². The zero-order valence-corrected chi connectivity index (χ0v) is 12.6. The van der Waals surface area contributed by atoms with Crippen LogP contribution in [0.2, 0.25) is 0 Å². The second kappa shape index (κ2) is 5.90. The summed E-state index contributed by atoms with van der Waals surface area (Å²) in [5.41, 5.74) is 0.351. The Morgan fingerprint density at radius 2 is 2.30 bits per heavy atom. The third-order valence-corrected chi connectivity index (χ3v) is 4.32. The van der Waals surface area contributed by atoms with Gasteiger partial charge in [0.25, 0.3) is 5.69 Å². The van der Waals surface area contributed by atoms with Crippen LogP contribution in [0.5, 0.6) is 0 Å². The largest absolute Gasteiger partial charge is 0.390 e.